The van der Waals surface area contributed by atoms with E-state index in [1.165, 1.54) is 0 Å². The largest absolute Gasteiger partial charge is 0.748 e. The van der Waals surface area contributed by atoms with Gasteiger partial charge in [-0.05, 0) is 18.9 Å². The molecule has 0 aromatic heterocycles. The zero-order valence-corrected chi connectivity index (χ0v) is 13.8. The van der Waals surface area contributed by atoms with Crippen LogP contribution < -0.4 is 14.0 Å². The average molecular weight is 317 g/mol. The quantitative estimate of drug-likeness (QED) is 0.413. The molecule has 0 atom stereocenters. The second kappa shape index (κ2) is 7.11. The van der Waals surface area contributed by atoms with E-state index in [2.05, 4.69) is 0 Å². The summed E-state index contributed by atoms with van der Waals surface area (Å²) in [5.74, 6) is 1.01. The van der Waals surface area contributed by atoms with Crippen LogP contribution in [-0.2, 0) is 10.1 Å². The van der Waals surface area contributed by atoms with E-state index in [-0.39, 0.29) is 5.75 Å². The summed E-state index contributed by atoms with van der Waals surface area (Å²) in [7, 11) is 3.05. The Balaban J connectivity index is 2.83. The van der Waals surface area contributed by atoms with Crippen LogP contribution in [-0.4, -0.2) is 53.6 Å². The van der Waals surface area contributed by atoms with E-state index in [0.29, 0.717) is 35.4 Å². The van der Waals surface area contributed by atoms with Crippen LogP contribution in [0.2, 0.25) is 0 Å². The molecule has 0 bridgehead atoms. The van der Waals surface area contributed by atoms with Crippen LogP contribution >= 0.6 is 0 Å². The smallest absolute Gasteiger partial charge is 0.222 e. The standard InChI is InChI=1S/C14H23NO5S/c1-15(2,10-5-6-11-21(16,17)18)12-8-7-9-13(19-3)14(12)20-4/h7-9H,5-6,10-11H2,1-4H3. The summed E-state index contributed by atoms with van der Waals surface area (Å²) in [6.07, 6.45) is 0.995. The number of rotatable bonds is 8. The predicted octanol–water partition coefficient (Wildman–Crippen LogP) is 1.60. The summed E-state index contributed by atoms with van der Waals surface area (Å²) >= 11 is 0. The molecule has 7 heteroatoms. The summed E-state index contributed by atoms with van der Waals surface area (Å²) < 4.78 is 43.1. The van der Waals surface area contributed by atoms with Crippen LogP contribution in [0.15, 0.2) is 18.2 Å². The number of nitrogens with zero attached hydrogens (tertiary/aromatic N) is 1. The molecule has 1 aromatic rings. The molecule has 0 N–H and O–H groups in total. The number of hydrogen-bond acceptors (Lipinski definition) is 5. The zero-order chi connectivity index (χ0) is 16.1. The van der Waals surface area contributed by atoms with Gasteiger partial charge in [0.05, 0.1) is 45.0 Å². The van der Waals surface area contributed by atoms with Gasteiger partial charge in [-0.1, -0.05) is 6.07 Å². The third kappa shape index (κ3) is 5.18. The van der Waals surface area contributed by atoms with Crippen molar-refractivity contribution in [2.24, 2.45) is 0 Å². The molecule has 0 radical (unpaired) electrons. The van der Waals surface area contributed by atoms with E-state index in [9.17, 15) is 13.0 Å². The third-order valence-corrected chi connectivity index (χ3v) is 4.18. The van der Waals surface area contributed by atoms with E-state index in [1.807, 2.05) is 32.3 Å². The van der Waals surface area contributed by atoms with Crippen molar-refractivity contribution >= 4 is 15.8 Å². The first kappa shape index (κ1) is 17.7. The molecular formula is C14H23NO5S. The molecule has 0 unspecified atom stereocenters. The van der Waals surface area contributed by atoms with Gasteiger partial charge in [0.25, 0.3) is 0 Å². The molecule has 1 rings (SSSR count). The maximum absolute atomic E-state index is 10.6. The summed E-state index contributed by atoms with van der Waals surface area (Å²) in [4.78, 5) is 0. The Bertz CT molecular complexity index is 569. The number of methoxy groups -OCH3 is 2. The lowest BCUT2D eigenvalue weighted by Gasteiger charge is -2.31. The molecule has 0 saturated heterocycles. The van der Waals surface area contributed by atoms with Crippen LogP contribution in [0.4, 0.5) is 5.69 Å². The van der Waals surface area contributed by atoms with Gasteiger partial charge in [0.15, 0.2) is 11.4 Å². The maximum Gasteiger partial charge on any atom is 0.222 e. The molecule has 0 heterocycles. The van der Waals surface area contributed by atoms with E-state index < -0.39 is 10.1 Å². The minimum atomic E-state index is -4.13. The lowest BCUT2D eigenvalue weighted by atomic mass is 10.2. The van der Waals surface area contributed by atoms with Crippen LogP contribution in [0.25, 0.3) is 0 Å². The average Bonchev–Trinajstić information content (AvgIpc) is 2.41. The Hall–Kier alpha value is -1.31. The van der Waals surface area contributed by atoms with E-state index in [0.717, 1.165) is 5.69 Å². The van der Waals surface area contributed by atoms with Crippen LogP contribution in [0, 0.1) is 0 Å². The van der Waals surface area contributed by atoms with Gasteiger partial charge in [-0.2, -0.15) is 0 Å². The molecule has 6 nitrogen and oxygen atoms in total. The number of benzene rings is 1. The van der Waals surface area contributed by atoms with Crippen molar-refractivity contribution in [3.63, 3.8) is 0 Å². The van der Waals surface area contributed by atoms with Gasteiger partial charge < -0.3 is 14.0 Å². The number of unbranched alkanes of at least 4 members (excludes halogenated alkanes) is 1. The van der Waals surface area contributed by atoms with Gasteiger partial charge in [0.2, 0.25) is 5.75 Å². The number of quaternary nitrogens is 1. The minimum Gasteiger partial charge on any atom is -0.748 e. The first-order chi connectivity index (χ1) is 9.71. The van der Waals surface area contributed by atoms with E-state index in [4.69, 9.17) is 9.47 Å². The van der Waals surface area contributed by atoms with Crippen molar-refractivity contribution in [1.82, 2.24) is 4.48 Å². The summed E-state index contributed by atoms with van der Waals surface area (Å²) in [6.45, 7) is 0.693. The van der Waals surface area contributed by atoms with Gasteiger partial charge in [-0.15, -0.1) is 0 Å². The molecule has 0 aliphatic rings. The number of ether oxygens (including phenoxy) is 2. The maximum atomic E-state index is 10.6. The molecule has 0 aliphatic carbocycles. The second-order valence-electron chi connectivity index (χ2n) is 5.39. The highest BCUT2D eigenvalue weighted by atomic mass is 32.2. The third-order valence-electron chi connectivity index (χ3n) is 3.40. The van der Waals surface area contributed by atoms with Crippen molar-refractivity contribution in [2.45, 2.75) is 12.8 Å². The zero-order valence-electron chi connectivity index (χ0n) is 13.0. The Labute approximate surface area is 126 Å². The molecule has 0 fully saturated rings. The lowest BCUT2D eigenvalue weighted by molar-refractivity contribution is 0.329. The predicted molar refractivity (Wildman–Crippen MR) is 81.9 cm³/mol. The highest BCUT2D eigenvalue weighted by Crippen LogP contribution is 2.39. The molecule has 0 saturated carbocycles. The van der Waals surface area contributed by atoms with E-state index >= 15 is 0 Å². The van der Waals surface area contributed by atoms with Crippen molar-refractivity contribution in [3.8, 4) is 11.5 Å². The first-order valence-electron chi connectivity index (χ1n) is 6.69. The number of hydrogen-bond donors (Lipinski definition) is 0. The fourth-order valence-corrected chi connectivity index (χ4v) is 2.81. The minimum absolute atomic E-state index is 0.317. The Kier molecular flexibility index (Phi) is 6.00. The highest BCUT2D eigenvalue weighted by molar-refractivity contribution is 7.85. The summed E-state index contributed by atoms with van der Waals surface area (Å²) in [5, 5.41) is 0. The molecule has 0 amide bonds. The summed E-state index contributed by atoms with van der Waals surface area (Å²) in [6, 6.07) is 5.66. The molecule has 1 aromatic carbocycles. The van der Waals surface area contributed by atoms with Crippen molar-refractivity contribution in [1.29, 1.82) is 0 Å². The van der Waals surface area contributed by atoms with Crippen LogP contribution in [0.5, 0.6) is 11.5 Å². The van der Waals surface area contributed by atoms with Crippen molar-refractivity contribution < 1.29 is 22.4 Å². The summed E-state index contributed by atoms with van der Waals surface area (Å²) in [5.41, 5.74) is 0.946. The lowest BCUT2D eigenvalue weighted by Crippen LogP contribution is -2.41. The highest BCUT2D eigenvalue weighted by Gasteiger charge is 2.25. The van der Waals surface area contributed by atoms with Gasteiger partial charge in [0, 0.05) is 11.8 Å². The second-order valence-corrected chi connectivity index (χ2v) is 6.91. The van der Waals surface area contributed by atoms with Gasteiger partial charge in [-0.3, -0.25) is 4.48 Å². The van der Waals surface area contributed by atoms with E-state index in [1.54, 1.807) is 14.2 Å². The fourth-order valence-electron chi connectivity index (χ4n) is 2.25. The van der Waals surface area contributed by atoms with Crippen LogP contribution in [0.1, 0.15) is 12.8 Å². The SMILES string of the molecule is COc1cccc([N+](C)(C)CCCCS(=O)(=O)[O-])c1OC. The topological polar surface area (TPSA) is 75.7 Å². The molecule has 0 aliphatic heterocycles. The Morgan fingerprint density at radius 3 is 2.33 bits per heavy atom. The molecule has 0 spiro atoms. The van der Waals surface area contributed by atoms with Crippen molar-refractivity contribution in [2.75, 3.05) is 40.6 Å². The first-order valence-corrected chi connectivity index (χ1v) is 8.27. The van der Waals surface area contributed by atoms with Gasteiger partial charge in [-0.25, -0.2) is 8.42 Å². The molecular weight excluding hydrogens is 294 g/mol. The molecule has 21 heavy (non-hydrogen) atoms. The fraction of sp³-hybridized carbons (Fsp3) is 0.571. The monoisotopic (exact) mass is 317 g/mol. The van der Waals surface area contributed by atoms with Crippen molar-refractivity contribution in [3.05, 3.63) is 18.2 Å². The van der Waals surface area contributed by atoms with Crippen LogP contribution in [0.3, 0.4) is 0 Å². The number of para-hydroxylation sites is 1. The van der Waals surface area contributed by atoms with Gasteiger partial charge in [0.1, 0.15) is 0 Å². The Morgan fingerprint density at radius 2 is 1.81 bits per heavy atom. The van der Waals surface area contributed by atoms with Gasteiger partial charge >= 0.3 is 0 Å². The normalized spacial score (nSPS) is 12.2. The molecule has 120 valence electrons. The Morgan fingerprint density at radius 1 is 1.14 bits per heavy atom.